The van der Waals surface area contributed by atoms with Crippen LogP contribution in [0.1, 0.15) is 0 Å². The van der Waals surface area contributed by atoms with Gasteiger partial charge in [0, 0.05) is 0 Å². The molecule has 9 heteroatoms. The average molecular weight is 458 g/mol. The number of halogens is 3. The van der Waals surface area contributed by atoms with Gasteiger partial charge in [0.2, 0.25) is 5.91 Å². The second-order valence-corrected chi connectivity index (χ2v) is 7.79. The predicted molar refractivity (Wildman–Crippen MR) is 118 cm³/mol. The maximum atomic E-state index is 13.8. The van der Waals surface area contributed by atoms with Gasteiger partial charge in [-0.15, -0.1) is 0 Å². The van der Waals surface area contributed by atoms with E-state index in [4.69, 9.17) is 11.6 Å². The predicted octanol–water partition coefficient (Wildman–Crippen LogP) is 5.05. The fourth-order valence-corrected chi connectivity index (χ4v) is 4.00. The molecule has 0 bridgehead atoms. The third-order valence-electron chi connectivity index (χ3n) is 4.40. The highest BCUT2D eigenvalue weighted by atomic mass is 35.5. The van der Waals surface area contributed by atoms with Crippen LogP contribution in [0.3, 0.4) is 0 Å². The van der Waals surface area contributed by atoms with Gasteiger partial charge in [0.25, 0.3) is 5.56 Å². The number of fused-ring (bicyclic) bond motifs is 1. The highest BCUT2D eigenvalue weighted by Gasteiger charge is 2.17. The number of benzene rings is 3. The number of anilines is 1. The third-order valence-corrected chi connectivity index (χ3v) is 5.66. The van der Waals surface area contributed by atoms with Crippen molar-refractivity contribution in [2.75, 3.05) is 11.1 Å². The molecule has 4 aromatic rings. The van der Waals surface area contributed by atoms with Gasteiger partial charge in [0.15, 0.2) is 5.16 Å². The normalized spacial score (nSPS) is 10.9. The highest BCUT2D eigenvalue weighted by Crippen LogP contribution is 2.26. The maximum absolute atomic E-state index is 13.8. The molecule has 0 atom stereocenters. The molecular weight excluding hydrogens is 444 g/mol. The number of nitrogens with one attached hydrogen (secondary N) is 1. The lowest BCUT2D eigenvalue weighted by Crippen LogP contribution is -2.23. The molecule has 0 aliphatic rings. The molecule has 5 nitrogen and oxygen atoms in total. The molecule has 1 N–H and O–H groups in total. The Morgan fingerprint density at radius 2 is 1.68 bits per heavy atom. The van der Waals surface area contributed by atoms with Crippen LogP contribution in [-0.2, 0) is 4.79 Å². The summed E-state index contributed by atoms with van der Waals surface area (Å²) in [5.41, 5.74) is -0.000780. The Morgan fingerprint density at radius 3 is 2.42 bits per heavy atom. The van der Waals surface area contributed by atoms with Crippen LogP contribution in [0.15, 0.2) is 76.7 Å². The Bertz CT molecular complexity index is 1340. The van der Waals surface area contributed by atoms with Crippen LogP contribution in [0.2, 0.25) is 5.02 Å². The lowest BCUT2D eigenvalue weighted by Gasteiger charge is -2.14. The first-order valence-corrected chi connectivity index (χ1v) is 10.5. The largest absolute Gasteiger partial charge is 0.320 e. The number of hydrogen-bond donors (Lipinski definition) is 1. The first kappa shape index (κ1) is 21.0. The zero-order valence-electron chi connectivity index (χ0n) is 15.8. The Kier molecular flexibility index (Phi) is 6.01. The molecule has 0 aliphatic carbocycles. The molecule has 1 heterocycles. The standard InChI is InChI=1S/C22H14ClF2N3O2S/c23-14-7-2-4-11-18(14)28-21(30)13-6-1-3-10-17(13)26-22(28)31-12-19(29)27-20-15(24)8-5-9-16(20)25/h1-11H,12H2,(H,27,29). The van der Waals surface area contributed by atoms with Crippen molar-refractivity contribution in [2.45, 2.75) is 5.16 Å². The lowest BCUT2D eigenvalue weighted by molar-refractivity contribution is -0.113. The zero-order chi connectivity index (χ0) is 22.0. The molecule has 4 rings (SSSR count). The van der Waals surface area contributed by atoms with E-state index in [9.17, 15) is 18.4 Å². The summed E-state index contributed by atoms with van der Waals surface area (Å²) >= 11 is 7.25. The van der Waals surface area contributed by atoms with Gasteiger partial charge >= 0.3 is 0 Å². The number of amides is 1. The molecule has 31 heavy (non-hydrogen) atoms. The minimum atomic E-state index is -0.879. The fraction of sp³-hybridized carbons (Fsp3) is 0.0455. The second-order valence-electron chi connectivity index (χ2n) is 6.44. The van der Waals surface area contributed by atoms with Crippen LogP contribution < -0.4 is 10.9 Å². The minimum Gasteiger partial charge on any atom is -0.320 e. The van der Waals surface area contributed by atoms with Crippen molar-refractivity contribution >= 4 is 45.9 Å². The van der Waals surface area contributed by atoms with Gasteiger partial charge in [-0.3, -0.25) is 14.2 Å². The number of nitrogens with zero attached hydrogens (tertiary/aromatic N) is 2. The van der Waals surface area contributed by atoms with E-state index in [1.54, 1.807) is 48.5 Å². The number of para-hydroxylation sites is 3. The van der Waals surface area contributed by atoms with E-state index >= 15 is 0 Å². The Hall–Kier alpha value is -3.23. The maximum Gasteiger partial charge on any atom is 0.266 e. The minimum absolute atomic E-state index is 0.223. The fourth-order valence-electron chi connectivity index (χ4n) is 2.98. The number of thioether (sulfide) groups is 1. The summed E-state index contributed by atoms with van der Waals surface area (Å²) in [7, 11) is 0. The number of rotatable bonds is 5. The summed E-state index contributed by atoms with van der Waals surface area (Å²) in [5, 5.41) is 3.17. The number of hydrogen-bond acceptors (Lipinski definition) is 4. The molecule has 3 aromatic carbocycles. The quantitative estimate of drug-likeness (QED) is 0.336. The van der Waals surface area contributed by atoms with Gasteiger partial charge < -0.3 is 5.32 Å². The molecule has 0 aliphatic heterocycles. The SMILES string of the molecule is O=C(CSc1nc2ccccc2c(=O)n1-c1ccccc1Cl)Nc1c(F)cccc1F. The number of aromatic nitrogens is 2. The van der Waals surface area contributed by atoms with Crippen LogP contribution in [0.5, 0.6) is 0 Å². The highest BCUT2D eigenvalue weighted by molar-refractivity contribution is 7.99. The number of carbonyl (C=O) groups excluding carboxylic acids is 1. The van der Waals surface area contributed by atoms with Crippen LogP contribution in [0.4, 0.5) is 14.5 Å². The van der Waals surface area contributed by atoms with Crippen molar-refractivity contribution in [1.82, 2.24) is 9.55 Å². The van der Waals surface area contributed by atoms with E-state index in [1.807, 2.05) is 0 Å². The van der Waals surface area contributed by atoms with Crippen molar-refractivity contribution in [3.8, 4) is 5.69 Å². The summed E-state index contributed by atoms with van der Waals surface area (Å²) in [5.74, 6) is -2.64. The van der Waals surface area contributed by atoms with E-state index in [2.05, 4.69) is 10.3 Å². The summed E-state index contributed by atoms with van der Waals surface area (Å²) in [6.45, 7) is 0. The van der Waals surface area contributed by atoms with Gasteiger partial charge in [-0.2, -0.15) is 0 Å². The van der Waals surface area contributed by atoms with E-state index in [1.165, 1.54) is 10.6 Å². The van der Waals surface area contributed by atoms with Crippen LogP contribution >= 0.6 is 23.4 Å². The molecule has 0 fully saturated rings. The second kappa shape index (κ2) is 8.87. The van der Waals surface area contributed by atoms with Crippen LogP contribution in [0.25, 0.3) is 16.6 Å². The first-order valence-electron chi connectivity index (χ1n) is 9.09. The van der Waals surface area contributed by atoms with Gasteiger partial charge in [-0.1, -0.05) is 53.7 Å². The third kappa shape index (κ3) is 4.30. The Balaban J connectivity index is 1.70. The van der Waals surface area contributed by atoms with Crippen molar-refractivity contribution in [1.29, 1.82) is 0 Å². The van der Waals surface area contributed by atoms with Crippen molar-refractivity contribution in [3.05, 3.63) is 93.7 Å². The molecule has 156 valence electrons. The average Bonchev–Trinajstić information content (AvgIpc) is 2.76. The molecular formula is C22H14ClF2N3O2S. The van der Waals surface area contributed by atoms with Gasteiger partial charge in [0.1, 0.15) is 17.3 Å². The number of carbonyl (C=O) groups is 1. The Morgan fingerprint density at radius 1 is 1.00 bits per heavy atom. The molecule has 0 unspecified atom stereocenters. The van der Waals surface area contributed by atoms with Gasteiger partial charge in [-0.05, 0) is 36.4 Å². The monoisotopic (exact) mass is 457 g/mol. The molecule has 0 spiro atoms. The summed E-state index contributed by atoms with van der Waals surface area (Å²) in [6.07, 6.45) is 0. The van der Waals surface area contributed by atoms with E-state index < -0.39 is 23.2 Å². The summed E-state index contributed by atoms with van der Waals surface area (Å²) in [6, 6.07) is 16.9. The van der Waals surface area contributed by atoms with Crippen molar-refractivity contribution in [2.24, 2.45) is 0 Å². The van der Waals surface area contributed by atoms with E-state index in [-0.39, 0.29) is 16.5 Å². The molecule has 0 saturated heterocycles. The molecule has 1 aromatic heterocycles. The van der Waals surface area contributed by atoms with Gasteiger partial charge in [-0.25, -0.2) is 13.8 Å². The van der Waals surface area contributed by atoms with Crippen LogP contribution in [0, 0.1) is 11.6 Å². The van der Waals surface area contributed by atoms with E-state index in [0.717, 1.165) is 23.9 Å². The van der Waals surface area contributed by atoms with E-state index in [0.29, 0.717) is 21.6 Å². The van der Waals surface area contributed by atoms with Gasteiger partial charge in [0.05, 0.1) is 27.4 Å². The molecule has 0 saturated carbocycles. The first-order chi connectivity index (χ1) is 15.0. The smallest absolute Gasteiger partial charge is 0.266 e. The Labute approximate surface area is 184 Å². The molecule has 0 radical (unpaired) electrons. The zero-order valence-corrected chi connectivity index (χ0v) is 17.4. The summed E-state index contributed by atoms with van der Waals surface area (Å²) < 4.78 is 28.9. The topological polar surface area (TPSA) is 64.0 Å². The van der Waals surface area contributed by atoms with Crippen molar-refractivity contribution in [3.63, 3.8) is 0 Å². The summed E-state index contributed by atoms with van der Waals surface area (Å²) in [4.78, 5) is 30.0. The van der Waals surface area contributed by atoms with Crippen molar-refractivity contribution < 1.29 is 13.6 Å². The van der Waals surface area contributed by atoms with Crippen LogP contribution in [-0.4, -0.2) is 21.2 Å². The lowest BCUT2D eigenvalue weighted by atomic mass is 10.2. The molecule has 1 amide bonds.